The first-order chi connectivity index (χ1) is 12.0. The van der Waals surface area contributed by atoms with Gasteiger partial charge in [0, 0.05) is 32.2 Å². The first kappa shape index (κ1) is 18.4. The molecule has 2 heterocycles. The predicted octanol–water partition coefficient (Wildman–Crippen LogP) is -0.913. The van der Waals surface area contributed by atoms with Gasteiger partial charge >= 0.3 is 5.97 Å². The van der Waals surface area contributed by atoms with E-state index in [1.165, 1.54) is 0 Å². The van der Waals surface area contributed by atoms with Crippen molar-refractivity contribution in [3.05, 3.63) is 0 Å². The molecule has 2 saturated heterocycles. The molecule has 1 amide bonds. The van der Waals surface area contributed by atoms with Gasteiger partial charge in [-0.15, -0.1) is 0 Å². The van der Waals surface area contributed by atoms with Gasteiger partial charge in [0.25, 0.3) is 0 Å². The predicted molar refractivity (Wildman–Crippen MR) is 84.7 cm³/mol. The van der Waals surface area contributed by atoms with Crippen LogP contribution in [0, 0.1) is 5.92 Å². The topological polar surface area (TPSA) is 106 Å². The molecule has 10 heteroatoms. The van der Waals surface area contributed by atoms with Crippen molar-refractivity contribution < 1.29 is 23.5 Å². The van der Waals surface area contributed by atoms with E-state index in [9.17, 15) is 23.5 Å². The number of hydrazine groups is 1. The number of hydrogen-bond donors (Lipinski definition) is 5. The fourth-order valence-corrected chi connectivity index (χ4v) is 3.75. The second kappa shape index (κ2) is 7.90. The summed E-state index contributed by atoms with van der Waals surface area (Å²) >= 11 is 0. The monoisotopic (exact) mass is 361 g/mol. The Hall–Kier alpha value is -1.36. The molecule has 0 aromatic rings. The second-order valence-corrected chi connectivity index (χ2v) is 6.97. The number of hydrogen-bond acceptors (Lipinski definition) is 6. The van der Waals surface area contributed by atoms with E-state index in [-0.39, 0.29) is 18.5 Å². The molecule has 0 radical (unpaired) electrons. The normalized spacial score (nSPS) is 39.9. The molecule has 3 fully saturated rings. The molecule has 142 valence electrons. The fourth-order valence-electron chi connectivity index (χ4n) is 3.75. The molecule has 3 aliphatic rings. The van der Waals surface area contributed by atoms with Crippen LogP contribution in [0.1, 0.15) is 25.7 Å². The number of carboxylic acids is 1. The molecule has 8 nitrogen and oxygen atoms in total. The molecule has 6 unspecified atom stereocenters. The maximum atomic E-state index is 13.6. The summed E-state index contributed by atoms with van der Waals surface area (Å²) in [5, 5.41) is 15.1. The zero-order valence-corrected chi connectivity index (χ0v) is 13.9. The number of carbonyl (C=O) groups excluding carboxylic acids is 1. The Morgan fingerprint density at radius 1 is 1.12 bits per heavy atom. The second-order valence-electron chi connectivity index (χ2n) is 6.97. The molecule has 1 saturated carbocycles. The Morgan fingerprint density at radius 2 is 1.88 bits per heavy atom. The molecular formula is C15H25F2N5O3. The van der Waals surface area contributed by atoms with E-state index in [1.807, 2.05) is 0 Å². The molecule has 2 aliphatic heterocycles. The number of halogens is 2. The van der Waals surface area contributed by atoms with E-state index in [0.717, 1.165) is 26.2 Å². The zero-order chi connectivity index (χ0) is 18.0. The van der Waals surface area contributed by atoms with E-state index in [2.05, 4.69) is 26.4 Å². The Labute approximate surface area is 144 Å². The van der Waals surface area contributed by atoms with Crippen molar-refractivity contribution in [2.24, 2.45) is 5.92 Å². The summed E-state index contributed by atoms with van der Waals surface area (Å²) in [5.74, 6) is -2.70. The fraction of sp³-hybridized carbons (Fsp3) is 0.867. The lowest BCUT2D eigenvalue weighted by Gasteiger charge is -2.37. The van der Waals surface area contributed by atoms with Crippen molar-refractivity contribution in [2.75, 3.05) is 19.8 Å². The summed E-state index contributed by atoms with van der Waals surface area (Å²) in [7, 11) is 0. The van der Waals surface area contributed by atoms with E-state index in [0.29, 0.717) is 6.42 Å². The van der Waals surface area contributed by atoms with Crippen molar-refractivity contribution in [1.82, 2.24) is 26.4 Å². The average molecular weight is 361 g/mol. The number of nitrogens with one attached hydrogen (secondary N) is 4. The van der Waals surface area contributed by atoms with Crippen LogP contribution in [0.15, 0.2) is 0 Å². The Balaban J connectivity index is 1.52. The number of alkyl halides is 2. The minimum atomic E-state index is -1.79. The van der Waals surface area contributed by atoms with Gasteiger partial charge in [0.2, 0.25) is 5.91 Å². The molecule has 1 aliphatic carbocycles. The van der Waals surface area contributed by atoms with Crippen LogP contribution in [0.25, 0.3) is 0 Å². The van der Waals surface area contributed by atoms with Crippen molar-refractivity contribution in [1.29, 1.82) is 0 Å². The van der Waals surface area contributed by atoms with Crippen LogP contribution in [-0.4, -0.2) is 72.2 Å². The largest absolute Gasteiger partial charge is 0.481 e. The molecule has 6 atom stereocenters. The number of carbonyl (C=O) groups is 2. The summed E-state index contributed by atoms with van der Waals surface area (Å²) in [6.07, 6.45) is -2.80. The minimum Gasteiger partial charge on any atom is -0.481 e. The van der Waals surface area contributed by atoms with Gasteiger partial charge < -0.3 is 15.7 Å². The lowest BCUT2D eigenvalue weighted by Crippen LogP contribution is -2.63. The van der Waals surface area contributed by atoms with E-state index < -0.39 is 42.7 Å². The zero-order valence-electron chi connectivity index (χ0n) is 13.9. The van der Waals surface area contributed by atoms with Gasteiger partial charge in [0.1, 0.15) is 18.4 Å². The quantitative estimate of drug-likeness (QED) is 0.441. The number of carboxylic acid groups (broad SMARTS) is 1. The molecule has 3 rings (SSSR count). The van der Waals surface area contributed by atoms with Gasteiger partial charge in [-0.3, -0.25) is 14.5 Å². The highest BCUT2D eigenvalue weighted by atomic mass is 19.2. The van der Waals surface area contributed by atoms with Crippen molar-refractivity contribution in [2.45, 2.75) is 56.3 Å². The highest BCUT2D eigenvalue weighted by Gasteiger charge is 2.42. The van der Waals surface area contributed by atoms with Crippen molar-refractivity contribution in [3.8, 4) is 0 Å². The molecular weight excluding hydrogens is 336 g/mol. The third-order valence-electron chi connectivity index (χ3n) is 5.28. The van der Waals surface area contributed by atoms with Crippen LogP contribution in [0.3, 0.4) is 0 Å². The lowest BCUT2D eigenvalue weighted by molar-refractivity contribution is -0.146. The Morgan fingerprint density at radius 3 is 2.48 bits per heavy atom. The Kier molecular flexibility index (Phi) is 5.82. The first-order valence-corrected chi connectivity index (χ1v) is 8.73. The van der Waals surface area contributed by atoms with Crippen LogP contribution in [0.5, 0.6) is 0 Å². The van der Waals surface area contributed by atoms with E-state index in [1.54, 1.807) is 0 Å². The number of amides is 1. The molecule has 0 aromatic carbocycles. The van der Waals surface area contributed by atoms with Gasteiger partial charge in [0.05, 0.1) is 12.1 Å². The number of rotatable bonds is 4. The molecule has 0 aromatic heterocycles. The molecule has 25 heavy (non-hydrogen) atoms. The van der Waals surface area contributed by atoms with Crippen molar-refractivity contribution >= 4 is 11.9 Å². The number of nitrogens with zero attached hydrogens (tertiary/aromatic N) is 1. The van der Waals surface area contributed by atoms with Gasteiger partial charge in [-0.2, -0.15) is 0 Å². The molecule has 0 spiro atoms. The SMILES string of the molecule is O=C(NC1CC(F)C(F)CC1C(=O)O)C1CCC(N2CCNC2)NN1. The summed E-state index contributed by atoms with van der Waals surface area (Å²) in [5.41, 5.74) is 6.06. The summed E-state index contributed by atoms with van der Waals surface area (Å²) in [4.78, 5) is 25.9. The van der Waals surface area contributed by atoms with Crippen molar-refractivity contribution in [3.63, 3.8) is 0 Å². The minimum absolute atomic E-state index is 0.128. The van der Waals surface area contributed by atoms with Gasteiger partial charge in [0.15, 0.2) is 0 Å². The molecule has 0 bridgehead atoms. The maximum Gasteiger partial charge on any atom is 0.308 e. The van der Waals surface area contributed by atoms with Crippen LogP contribution >= 0.6 is 0 Å². The standard InChI is InChI=1S/C15H25F2N5O3/c16-9-5-8(15(24)25)12(6-10(9)17)19-14(23)11-1-2-13(21-20-11)22-4-3-18-7-22/h8-13,18,20-21H,1-7H2,(H,19,23)(H,24,25). The number of aliphatic carboxylic acids is 1. The van der Waals surface area contributed by atoms with Crippen LogP contribution < -0.4 is 21.5 Å². The summed E-state index contributed by atoms with van der Waals surface area (Å²) in [6, 6.07) is -1.42. The third-order valence-corrected chi connectivity index (χ3v) is 5.28. The molecule has 5 N–H and O–H groups in total. The Bertz CT molecular complexity index is 498. The van der Waals surface area contributed by atoms with Gasteiger partial charge in [-0.1, -0.05) is 0 Å². The van der Waals surface area contributed by atoms with Crippen LogP contribution in [-0.2, 0) is 9.59 Å². The highest BCUT2D eigenvalue weighted by molar-refractivity contribution is 5.83. The summed E-state index contributed by atoms with van der Waals surface area (Å²) < 4.78 is 27.1. The van der Waals surface area contributed by atoms with E-state index >= 15 is 0 Å². The van der Waals surface area contributed by atoms with Gasteiger partial charge in [-0.05, 0) is 19.3 Å². The van der Waals surface area contributed by atoms with Crippen LogP contribution in [0.2, 0.25) is 0 Å². The highest BCUT2D eigenvalue weighted by Crippen LogP contribution is 2.30. The summed E-state index contributed by atoms with van der Waals surface area (Å²) in [6.45, 7) is 2.65. The maximum absolute atomic E-state index is 13.6. The van der Waals surface area contributed by atoms with Crippen LogP contribution in [0.4, 0.5) is 8.78 Å². The lowest BCUT2D eigenvalue weighted by atomic mass is 9.82. The van der Waals surface area contributed by atoms with E-state index in [4.69, 9.17) is 0 Å². The third kappa shape index (κ3) is 4.25. The average Bonchev–Trinajstić information content (AvgIpc) is 3.12. The smallest absolute Gasteiger partial charge is 0.308 e. The first-order valence-electron chi connectivity index (χ1n) is 8.73. The van der Waals surface area contributed by atoms with Gasteiger partial charge in [-0.25, -0.2) is 19.6 Å².